The van der Waals surface area contributed by atoms with Crippen molar-refractivity contribution in [2.75, 3.05) is 6.54 Å². The molecule has 0 spiro atoms. The van der Waals surface area contributed by atoms with Gasteiger partial charge in [-0.3, -0.25) is 0 Å². The lowest BCUT2D eigenvalue weighted by Crippen LogP contribution is -2.23. The molecule has 0 bridgehead atoms. The molecule has 76 valence electrons. The highest BCUT2D eigenvalue weighted by Crippen LogP contribution is 2.22. The molecule has 1 aromatic carbocycles. The Labute approximate surface area is 85.0 Å². The molecule has 1 unspecified atom stereocenters. The van der Waals surface area contributed by atoms with Gasteiger partial charge in [-0.25, -0.2) is 0 Å². The third kappa shape index (κ3) is 2.07. The summed E-state index contributed by atoms with van der Waals surface area (Å²) in [6.07, 6.45) is 3.44. The molecule has 2 rings (SSSR count). The minimum atomic E-state index is 0.443. The van der Waals surface area contributed by atoms with Gasteiger partial charge in [0, 0.05) is 6.04 Å². The van der Waals surface area contributed by atoms with E-state index in [9.17, 15) is 5.11 Å². The third-order valence-electron chi connectivity index (χ3n) is 2.87. The summed E-state index contributed by atoms with van der Waals surface area (Å²) in [5, 5.41) is 13.2. The van der Waals surface area contributed by atoms with E-state index in [2.05, 4.69) is 11.4 Å². The normalized spacial score (nSPS) is 21.4. The molecule has 1 atom stereocenters. The van der Waals surface area contributed by atoms with Gasteiger partial charge in [0.1, 0.15) is 5.75 Å². The highest BCUT2D eigenvalue weighted by Gasteiger charge is 2.15. The Balaban J connectivity index is 2.08. The van der Waals surface area contributed by atoms with Crippen LogP contribution in [0.25, 0.3) is 0 Å². The van der Waals surface area contributed by atoms with Crippen molar-refractivity contribution >= 4 is 0 Å². The first kappa shape index (κ1) is 9.53. The number of aromatic hydroxyl groups is 1. The van der Waals surface area contributed by atoms with Crippen LogP contribution in [-0.4, -0.2) is 17.7 Å². The fourth-order valence-electron chi connectivity index (χ4n) is 2.04. The van der Waals surface area contributed by atoms with E-state index in [1.807, 2.05) is 19.1 Å². The molecular weight excluding hydrogens is 174 g/mol. The van der Waals surface area contributed by atoms with Gasteiger partial charge in [0.05, 0.1) is 0 Å². The van der Waals surface area contributed by atoms with E-state index in [0.717, 1.165) is 24.1 Å². The molecule has 2 nitrogen and oxygen atoms in total. The van der Waals surface area contributed by atoms with Crippen molar-refractivity contribution in [3.8, 4) is 5.75 Å². The van der Waals surface area contributed by atoms with E-state index in [1.54, 1.807) is 0 Å². The second-order valence-electron chi connectivity index (χ2n) is 4.13. The lowest BCUT2D eigenvalue weighted by Gasteiger charge is -2.11. The second kappa shape index (κ2) is 4.01. The Morgan fingerprint density at radius 3 is 3.00 bits per heavy atom. The predicted octanol–water partition coefficient (Wildman–Crippen LogP) is 2.00. The molecule has 1 fully saturated rings. The first-order chi connectivity index (χ1) is 6.75. The maximum atomic E-state index is 9.72. The molecule has 14 heavy (non-hydrogen) atoms. The molecule has 1 aromatic rings. The van der Waals surface area contributed by atoms with Gasteiger partial charge in [0.15, 0.2) is 0 Å². The Morgan fingerprint density at radius 2 is 2.36 bits per heavy atom. The zero-order valence-corrected chi connectivity index (χ0v) is 8.59. The smallest absolute Gasteiger partial charge is 0.119 e. The first-order valence-electron chi connectivity index (χ1n) is 5.27. The van der Waals surface area contributed by atoms with Crippen molar-refractivity contribution in [1.82, 2.24) is 5.32 Å². The van der Waals surface area contributed by atoms with Crippen LogP contribution in [0.1, 0.15) is 24.0 Å². The number of aryl methyl sites for hydroxylation is 1. The van der Waals surface area contributed by atoms with Crippen LogP contribution in [0.3, 0.4) is 0 Å². The number of rotatable bonds is 2. The molecule has 0 radical (unpaired) electrons. The topological polar surface area (TPSA) is 32.3 Å². The number of nitrogens with one attached hydrogen (secondary N) is 1. The Kier molecular flexibility index (Phi) is 2.73. The van der Waals surface area contributed by atoms with Crippen LogP contribution in [0.15, 0.2) is 18.2 Å². The van der Waals surface area contributed by atoms with Crippen LogP contribution in [-0.2, 0) is 6.42 Å². The number of phenols is 1. The summed E-state index contributed by atoms with van der Waals surface area (Å²) in [6.45, 7) is 3.12. The summed E-state index contributed by atoms with van der Waals surface area (Å²) in [4.78, 5) is 0. The monoisotopic (exact) mass is 191 g/mol. The van der Waals surface area contributed by atoms with Crippen LogP contribution >= 0.6 is 0 Å². The average molecular weight is 191 g/mol. The number of benzene rings is 1. The second-order valence-corrected chi connectivity index (χ2v) is 4.13. The summed E-state index contributed by atoms with van der Waals surface area (Å²) in [5.41, 5.74) is 2.18. The van der Waals surface area contributed by atoms with Crippen LogP contribution in [0.2, 0.25) is 0 Å². The highest BCUT2D eigenvalue weighted by molar-refractivity contribution is 5.36. The molecule has 1 heterocycles. The Hall–Kier alpha value is -1.02. The van der Waals surface area contributed by atoms with Gasteiger partial charge in [-0.15, -0.1) is 0 Å². The molecule has 0 aliphatic carbocycles. The van der Waals surface area contributed by atoms with Crippen molar-refractivity contribution < 1.29 is 5.11 Å². The number of hydrogen-bond acceptors (Lipinski definition) is 2. The lowest BCUT2D eigenvalue weighted by molar-refractivity contribution is 0.461. The van der Waals surface area contributed by atoms with E-state index in [1.165, 1.54) is 12.8 Å². The van der Waals surface area contributed by atoms with Crippen LogP contribution < -0.4 is 5.32 Å². The van der Waals surface area contributed by atoms with Crippen molar-refractivity contribution in [1.29, 1.82) is 0 Å². The molecule has 0 saturated carbocycles. The van der Waals surface area contributed by atoms with E-state index in [-0.39, 0.29) is 0 Å². The van der Waals surface area contributed by atoms with E-state index in [0.29, 0.717) is 11.8 Å². The van der Waals surface area contributed by atoms with E-state index >= 15 is 0 Å². The minimum absolute atomic E-state index is 0.443. The van der Waals surface area contributed by atoms with Gasteiger partial charge in [-0.2, -0.15) is 0 Å². The average Bonchev–Trinajstić information content (AvgIpc) is 2.62. The van der Waals surface area contributed by atoms with Crippen LogP contribution in [0.5, 0.6) is 5.75 Å². The zero-order valence-electron chi connectivity index (χ0n) is 8.59. The third-order valence-corrected chi connectivity index (χ3v) is 2.87. The minimum Gasteiger partial charge on any atom is -0.508 e. The molecule has 0 aromatic heterocycles. The first-order valence-corrected chi connectivity index (χ1v) is 5.27. The van der Waals surface area contributed by atoms with Crippen molar-refractivity contribution in [2.45, 2.75) is 32.2 Å². The Morgan fingerprint density at radius 1 is 1.50 bits per heavy atom. The summed E-state index contributed by atoms with van der Waals surface area (Å²) >= 11 is 0. The summed E-state index contributed by atoms with van der Waals surface area (Å²) in [7, 11) is 0. The molecule has 1 aliphatic heterocycles. The molecule has 1 saturated heterocycles. The van der Waals surface area contributed by atoms with Crippen molar-refractivity contribution in [3.63, 3.8) is 0 Å². The maximum Gasteiger partial charge on any atom is 0.119 e. The molecular formula is C12H17NO. The van der Waals surface area contributed by atoms with Gasteiger partial charge in [-0.05, 0) is 49.9 Å². The fraction of sp³-hybridized carbons (Fsp3) is 0.500. The summed E-state index contributed by atoms with van der Waals surface area (Å²) in [5.74, 6) is 0.443. The summed E-state index contributed by atoms with van der Waals surface area (Å²) in [6, 6.07) is 6.49. The predicted molar refractivity (Wildman–Crippen MR) is 57.6 cm³/mol. The van der Waals surface area contributed by atoms with Gasteiger partial charge < -0.3 is 10.4 Å². The SMILES string of the molecule is Cc1ccc(CC2CCCN2)c(O)c1. The zero-order chi connectivity index (χ0) is 9.97. The van der Waals surface area contributed by atoms with Crippen LogP contribution in [0.4, 0.5) is 0 Å². The van der Waals surface area contributed by atoms with Gasteiger partial charge in [0.2, 0.25) is 0 Å². The largest absolute Gasteiger partial charge is 0.508 e. The van der Waals surface area contributed by atoms with Crippen molar-refractivity contribution in [3.05, 3.63) is 29.3 Å². The van der Waals surface area contributed by atoms with Gasteiger partial charge >= 0.3 is 0 Å². The molecule has 2 heteroatoms. The molecule has 0 amide bonds. The molecule has 1 aliphatic rings. The maximum absolute atomic E-state index is 9.72. The van der Waals surface area contributed by atoms with Gasteiger partial charge in [0.25, 0.3) is 0 Å². The number of hydrogen-bond donors (Lipinski definition) is 2. The van der Waals surface area contributed by atoms with Crippen molar-refractivity contribution in [2.24, 2.45) is 0 Å². The Bertz CT molecular complexity index is 316. The lowest BCUT2D eigenvalue weighted by atomic mass is 10.0. The van der Waals surface area contributed by atoms with E-state index in [4.69, 9.17) is 0 Å². The standard InChI is InChI=1S/C12H17NO/c1-9-4-5-10(12(14)7-9)8-11-3-2-6-13-11/h4-5,7,11,13-14H,2-3,6,8H2,1H3. The fourth-order valence-corrected chi connectivity index (χ4v) is 2.04. The van der Waals surface area contributed by atoms with Gasteiger partial charge in [-0.1, -0.05) is 12.1 Å². The summed E-state index contributed by atoms with van der Waals surface area (Å²) < 4.78 is 0. The number of phenolic OH excluding ortho intramolecular Hbond substituents is 1. The molecule has 2 N–H and O–H groups in total. The van der Waals surface area contributed by atoms with E-state index < -0.39 is 0 Å². The quantitative estimate of drug-likeness (QED) is 0.749. The van der Waals surface area contributed by atoms with Crippen LogP contribution in [0, 0.1) is 6.92 Å². The highest BCUT2D eigenvalue weighted by atomic mass is 16.3.